The van der Waals surface area contributed by atoms with E-state index in [9.17, 15) is 14.4 Å². The molecule has 5 rings (SSSR count). The van der Waals surface area contributed by atoms with E-state index in [0.29, 0.717) is 51.4 Å². The molecular formula is C28H33N3O5. The number of carbonyl (C=O) groups is 3. The second-order valence-electron chi connectivity index (χ2n) is 9.61. The largest absolute Gasteiger partial charge is 0.497 e. The molecule has 8 heteroatoms. The minimum absolute atomic E-state index is 0.00468. The van der Waals surface area contributed by atoms with E-state index in [1.165, 1.54) is 0 Å². The molecule has 0 radical (unpaired) electrons. The first kappa shape index (κ1) is 24.3. The van der Waals surface area contributed by atoms with Gasteiger partial charge in [-0.2, -0.15) is 0 Å². The lowest BCUT2D eigenvalue weighted by Gasteiger charge is -2.44. The number of amides is 3. The first-order valence-electron chi connectivity index (χ1n) is 12.8. The number of carbonyl (C=O) groups excluding carboxylic acids is 3. The molecule has 3 amide bonds. The lowest BCUT2D eigenvalue weighted by atomic mass is 9.82. The molecule has 0 aromatic heterocycles. The maximum absolute atomic E-state index is 13.9. The van der Waals surface area contributed by atoms with Gasteiger partial charge in [-0.1, -0.05) is 30.3 Å². The van der Waals surface area contributed by atoms with Gasteiger partial charge in [-0.15, -0.1) is 0 Å². The molecule has 2 aromatic carbocycles. The number of benzene rings is 2. The van der Waals surface area contributed by atoms with Gasteiger partial charge in [0.2, 0.25) is 11.8 Å². The third kappa shape index (κ3) is 4.82. The number of piperidine rings is 1. The van der Waals surface area contributed by atoms with Crippen molar-refractivity contribution in [3.05, 3.63) is 60.2 Å². The van der Waals surface area contributed by atoms with Gasteiger partial charge in [0, 0.05) is 44.9 Å². The van der Waals surface area contributed by atoms with Crippen LogP contribution in [0.2, 0.25) is 0 Å². The lowest BCUT2D eigenvalue weighted by molar-refractivity contribution is -0.148. The van der Waals surface area contributed by atoms with Gasteiger partial charge in [-0.3, -0.25) is 14.4 Å². The van der Waals surface area contributed by atoms with Gasteiger partial charge in [0.1, 0.15) is 11.9 Å². The van der Waals surface area contributed by atoms with Crippen LogP contribution in [0, 0.1) is 5.92 Å². The standard InChI is InChI=1S/C28H33N3O5/c1-35-22-11-9-21(10-12-22)31-25(32)14-13-23(26(31)20-6-3-2-4-7-20)27(33)29-15-17-30(18-16-29)28(34)24-8-5-19-36-24/h2-4,6-7,9-12,23-24,26H,5,8,13-19H2,1H3/t23-,24-,26+/m0/s1. The minimum Gasteiger partial charge on any atom is -0.497 e. The third-order valence-corrected chi connectivity index (χ3v) is 7.51. The van der Waals surface area contributed by atoms with Gasteiger partial charge in [0.25, 0.3) is 5.91 Å². The van der Waals surface area contributed by atoms with Crippen LogP contribution >= 0.6 is 0 Å². The predicted octanol–water partition coefficient (Wildman–Crippen LogP) is 3.03. The highest BCUT2D eigenvalue weighted by atomic mass is 16.5. The molecule has 0 spiro atoms. The maximum atomic E-state index is 13.9. The van der Waals surface area contributed by atoms with E-state index < -0.39 is 6.04 Å². The number of rotatable bonds is 5. The van der Waals surface area contributed by atoms with Crippen molar-refractivity contribution in [1.29, 1.82) is 0 Å². The van der Waals surface area contributed by atoms with Crippen LogP contribution in [0.15, 0.2) is 54.6 Å². The molecule has 3 atom stereocenters. The van der Waals surface area contributed by atoms with Gasteiger partial charge in [-0.05, 0) is 49.1 Å². The molecule has 3 aliphatic heterocycles. The van der Waals surface area contributed by atoms with Crippen molar-refractivity contribution in [3.8, 4) is 5.75 Å². The van der Waals surface area contributed by atoms with E-state index in [1.807, 2.05) is 64.4 Å². The Bertz CT molecular complexity index is 1080. The highest BCUT2D eigenvalue weighted by Crippen LogP contribution is 2.41. The van der Waals surface area contributed by atoms with Crippen molar-refractivity contribution in [3.63, 3.8) is 0 Å². The van der Waals surface area contributed by atoms with Gasteiger partial charge in [0.05, 0.1) is 19.1 Å². The molecule has 2 aromatic rings. The minimum atomic E-state index is -0.403. The van der Waals surface area contributed by atoms with Crippen molar-refractivity contribution in [2.75, 3.05) is 44.8 Å². The lowest BCUT2D eigenvalue weighted by Crippen LogP contribution is -2.56. The van der Waals surface area contributed by atoms with E-state index in [-0.39, 0.29) is 29.7 Å². The summed E-state index contributed by atoms with van der Waals surface area (Å²) in [5, 5.41) is 0. The van der Waals surface area contributed by atoms with Crippen molar-refractivity contribution in [1.82, 2.24) is 9.80 Å². The zero-order valence-electron chi connectivity index (χ0n) is 20.7. The Balaban J connectivity index is 1.36. The van der Waals surface area contributed by atoms with Crippen LogP contribution in [0.3, 0.4) is 0 Å². The van der Waals surface area contributed by atoms with Crippen LogP contribution in [0.1, 0.15) is 37.3 Å². The number of ether oxygens (including phenoxy) is 2. The third-order valence-electron chi connectivity index (χ3n) is 7.51. The summed E-state index contributed by atoms with van der Waals surface area (Å²) in [6, 6.07) is 16.8. The Morgan fingerprint density at radius 2 is 1.56 bits per heavy atom. The Morgan fingerprint density at radius 3 is 2.17 bits per heavy atom. The van der Waals surface area contributed by atoms with Crippen LogP contribution in [0.4, 0.5) is 5.69 Å². The number of hydrogen-bond donors (Lipinski definition) is 0. The summed E-state index contributed by atoms with van der Waals surface area (Å²) in [5.74, 6) is 0.426. The molecule has 3 heterocycles. The number of nitrogens with zero attached hydrogens (tertiary/aromatic N) is 3. The zero-order chi connectivity index (χ0) is 25.1. The topological polar surface area (TPSA) is 79.4 Å². The van der Waals surface area contributed by atoms with Gasteiger partial charge in [0.15, 0.2) is 0 Å². The SMILES string of the molecule is COc1ccc(N2C(=O)CC[C@H](C(=O)N3CCN(C(=O)[C@@H]4CCCO4)CC3)[C@H]2c2ccccc2)cc1. The second-order valence-corrected chi connectivity index (χ2v) is 9.61. The maximum Gasteiger partial charge on any atom is 0.251 e. The van der Waals surface area contributed by atoms with Crippen molar-refractivity contribution >= 4 is 23.4 Å². The Labute approximate surface area is 211 Å². The van der Waals surface area contributed by atoms with E-state index in [4.69, 9.17) is 9.47 Å². The van der Waals surface area contributed by atoms with Gasteiger partial charge < -0.3 is 24.2 Å². The Hall–Kier alpha value is -3.39. The Morgan fingerprint density at radius 1 is 0.889 bits per heavy atom. The summed E-state index contributed by atoms with van der Waals surface area (Å²) in [4.78, 5) is 45.3. The summed E-state index contributed by atoms with van der Waals surface area (Å²) in [5.41, 5.74) is 1.69. The van der Waals surface area contributed by atoms with E-state index in [0.717, 1.165) is 24.1 Å². The molecule has 0 N–H and O–H groups in total. The average Bonchev–Trinajstić information content (AvgIpc) is 3.48. The molecule has 0 saturated carbocycles. The van der Waals surface area contributed by atoms with Crippen LogP contribution in [-0.2, 0) is 19.1 Å². The quantitative estimate of drug-likeness (QED) is 0.643. The molecule has 0 aliphatic carbocycles. The van der Waals surface area contributed by atoms with E-state index >= 15 is 0 Å². The first-order chi connectivity index (χ1) is 17.6. The van der Waals surface area contributed by atoms with E-state index in [1.54, 1.807) is 12.0 Å². The number of piperazine rings is 1. The normalized spacial score (nSPS) is 24.6. The molecule has 36 heavy (non-hydrogen) atoms. The smallest absolute Gasteiger partial charge is 0.251 e. The molecule has 0 unspecified atom stereocenters. The van der Waals surface area contributed by atoms with Crippen LogP contribution in [0.5, 0.6) is 5.75 Å². The monoisotopic (exact) mass is 491 g/mol. The highest BCUT2D eigenvalue weighted by Gasteiger charge is 2.43. The predicted molar refractivity (Wildman–Crippen MR) is 135 cm³/mol. The van der Waals surface area contributed by atoms with Gasteiger partial charge in [-0.25, -0.2) is 0 Å². The molecular weight excluding hydrogens is 458 g/mol. The van der Waals surface area contributed by atoms with Crippen molar-refractivity contribution in [2.24, 2.45) is 5.92 Å². The van der Waals surface area contributed by atoms with Crippen LogP contribution < -0.4 is 9.64 Å². The van der Waals surface area contributed by atoms with Gasteiger partial charge >= 0.3 is 0 Å². The number of methoxy groups -OCH3 is 1. The average molecular weight is 492 g/mol. The van der Waals surface area contributed by atoms with Crippen molar-refractivity contribution < 1.29 is 23.9 Å². The first-order valence-corrected chi connectivity index (χ1v) is 12.8. The second kappa shape index (κ2) is 10.7. The fraction of sp³-hybridized carbons (Fsp3) is 0.464. The molecule has 190 valence electrons. The Kier molecular flexibility index (Phi) is 7.23. The number of hydrogen-bond acceptors (Lipinski definition) is 5. The highest BCUT2D eigenvalue weighted by molar-refractivity contribution is 5.97. The van der Waals surface area contributed by atoms with Crippen LogP contribution in [0.25, 0.3) is 0 Å². The molecule has 3 saturated heterocycles. The fourth-order valence-electron chi connectivity index (χ4n) is 5.59. The van der Waals surface area contributed by atoms with Crippen molar-refractivity contribution in [2.45, 2.75) is 37.8 Å². The molecule has 8 nitrogen and oxygen atoms in total. The summed E-state index contributed by atoms with van der Waals surface area (Å²) >= 11 is 0. The van der Waals surface area contributed by atoms with E-state index in [2.05, 4.69) is 0 Å². The molecule has 3 fully saturated rings. The molecule has 0 bridgehead atoms. The summed E-state index contributed by atoms with van der Waals surface area (Å²) in [6.07, 6.45) is 2.16. The fourth-order valence-corrected chi connectivity index (χ4v) is 5.59. The summed E-state index contributed by atoms with van der Waals surface area (Å²) < 4.78 is 10.9. The summed E-state index contributed by atoms with van der Waals surface area (Å²) in [6.45, 7) is 2.64. The number of anilines is 1. The zero-order valence-corrected chi connectivity index (χ0v) is 20.7. The molecule has 3 aliphatic rings. The van der Waals surface area contributed by atoms with Crippen LogP contribution in [-0.4, -0.2) is 73.5 Å². The summed E-state index contributed by atoms with van der Waals surface area (Å²) in [7, 11) is 1.61.